The molecule has 0 amide bonds. The van der Waals surface area contributed by atoms with Crippen molar-refractivity contribution >= 4 is 29.1 Å². The van der Waals surface area contributed by atoms with Crippen LogP contribution in [0.4, 0.5) is 17.5 Å². The van der Waals surface area contributed by atoms with Gasteiger partial charge in [0.2, 0.25) is 5.95 Å². The largest absolute Gasteiger partial charge is 0.495 e. The van der Waals surface area contributed by atoms with Crippen LogP contribution in [-0.2, 0) is 0 Å². The Hall–Kier alpha value is -2.28. The molecule has 1 aromatic carbocycles. The third kappa shape index (κ3) is 3.39. The molecule has 3 rings (SSSR count). The maximum absolute atomic E-state index is 6.12. The molecule has 1 aromatic heterocycles. The first-order chi connectivity index (χ1) is 11.2. The van der Waals surface area contributed by atoms with Gasteiger partial charge in [0, 0.05) is 25.2 Å². The molecule has 0 aliphatic carbocycles. The molecular formula is C15H18ClN5O2. The van der Waals surface area contributed by atoms with Gasteiger partial charge in [0.1, 0.15) is 11.5 Å². The monoisotopic (exact) mass is 335 g/mol. The molecule has 1 fully saturated rings. The van der Waals surface area contributed by atoms with Crippen LogP contribution in [0.25, 0.3) is 0 Å². The van der Waals surface area contributed by atoms with Gasteiger partial charge >= 0.3 is 0 Å². The molecule has 8 heteroatoms. The van der Waals surface area contributed by atoms with E-state index in [0.29, 0.717) is 34.0 Å². The number of aromatic nitrogens is 3. The highest BCUT2D eigenvalue weighted by Crippen LogP contribution is 2.37. The standard InChI is InChI=1S/C15H18ClN5O2/c1-22-12-8-11(13(23-2)7-10(12)16)18-14-9-17-20-15(19-14)21-5-3-4-6-21/h7-9H,3-6H2,1-2H3,(H,18,19,20). The Labute approximate surface area is 139 Å². The summed E-state index contributed by atoms with van der Waals surface area (Å²) in [6, 6.07) is 3.46. The highest BCUT2D eigenvalue weighted by molar-refractivity contribution is 6.32. The van der Waals surface area contributed by atoms with Gasteiger partial charge in [-0.1, -0.05) is 11.6 Å². The van der Waals surface area contributed by atoms with Gasteiger partial charge in [0.05, 0.1) is 31.1 Å². The quantitative estimate of drug-likeness (QED) is 0.900. The minimum Gasteiger partial charge on any atom is -0.495 e. The van der Waals surface area contributed by atoms with E-state index in [4.69, 9.17) is 21.1 Å². The predicted molar refractivity (Wildman–Crippen MR) is 89.1 cm³/mol. The number of rotatable bonds is 5. The fourth-order valence-electron chi connectivity index (χ4n) is 2.50. The summed E-state index contributed by atoms with van der Waals surface area (Å²) in [5, 5.41) is 11.8. The Kier molecular flexibility index (Phi) is 4.66. The van der Waals surface area contributed by atoms with Crippen molar-refractivity contribution in [3.05, 3.63) is 23.4 Å². The normalized spacial score (nSPS) is 14.0. The molecule has 2 aromatic rings. The number of nitrogens with zero attached hydrogens (tertiary/aromatic N) is 4. The van der Waals surface area contributed by atoms with Crippen LogP contribution in [0.3, 0.4) is 0 Å². The second-order valence-electron chi connectivity index (χ2n) is 5.15. The molecule has 1 aliphatic heterocycles. The molecule has 122 valence electrons. The maximum atomic E-state index is 6.12. The molecule has 1 saturated heterocycles. The van der Waals surface area contributed by atoms with Crippen molar-refractivity contribution in [2.45, 2.75) is 12.8 Å². The average molecular weight is 336 g/mol. The van der Waals surface area contributed by atoms with Crippen LogP contribution < -0.4 is 19.7 Å². The number of hydrogen-bond acceptors (Lipinski definition) is 7. The third-order valence-electron chi connectivity index (χ3n) is 3.67. The van der Waals surface area contributed by atoms with Crippen molar-refractivity contribution in [3.63, 3.8) is 0 Å². The molecule has 1 N–H and O–H groups in total. The van der Waals surface area contributed by atoms with E-state index >= 15 is 0 Å². The zero-order valence-electron chi connectivity index (χ0n) is 13.0. The van der Waals surface area contributed by atoms with Gasteiger partial charge in [-0.3, -0.25) is 0 Å². The third-order valence-corrected chi connectivity index (χ3v) is 3.97. The Morgan fingerprint density at radius 3 is 2.57 bits per heavy atom. The number of benzene rings is 1. The van der Waals surface area contributed by atoms with Crippen molar-refractivity contribution in [3.8, 4) is 11.5 Å². The van der Waals surface area contributed by atoms with Gasteiger partial charge < -0.3 is 19.7 Å². The lowest BCUT2D eigenvalue weighted by atomic mass is 10.2. The Bertz CT molecular complexity index is 692. The number of methoxy groups -OCH3 is 2. The van der Waals surface area contributed by atoms with Gasteiger partial charge in [-0.2, -0.15) is 10.1 Å². The summed E-state index contributed by atoms with van der Waals surface area (Å²) in [4.78, 5) is 6.64. The number of hydrogen-bond donors (Lipinski definition) is 1. The minimum atomic E-state index is 0.480. The van der Waals surface area contributed by atoms with Crippen molar-refractivity contribution in [2.24, 2.45) is 0 Å². The topological polar surface area (TPSA) is 72.4 Å². The van der Waals surface area contributed by atoms with Crippen LogP contribution in [-0.4, -0.2) is 42.5 Å². The second kappa shape index (κ2) is 6.87. The number of halogens is 1. The summed E-state index contributed by atoms with van der Waals surface area (Å²) in [5.74, 6) is 2.37. The lowest BCUT2D eigenvalue weighted by Gasteiger charge is -2.16. The number of nitrogens with one attached hydrogen (secondary N) is 1. The molecular weight excluding hydrogens is 318 g/mol. The Morgan fingerprint density at radius 2 is 1.87 bits per heavy atom. The SMILES string of the molecule is COc1cc(Nc2cnnc(N3CCCC3)n2)c(OC)cc1Cl. The molecule has 0 radical (unpaired) electrons. The van der Waals surface area contributed by atoms with Crippen LogP contribution in [0.15, 0.2) is 18.3 Å². The molecule has 0 unspecified atom stereocenters. The average Bonchev–Trinajstić information content (AvgIpc) is 3.11. The van der Waals surface area contributed by atoms with E-state index in [1.54, 1.807) is 32.5 Å². The van der Waals surface area contributed by atoms with E-state index in [1.165, 1.54) is 0 Å². The van der Waals surface area contributed by atoms with Gasteiger partial charge in [-0.15, -0.1) is 5.10 Å². The van der Waals surface area contributed by atoms with Crippen LogP contribution >= 0.6 is 11.6 Å². The summed E-state index contributed by atoms with van der Waals surface area (Å²) in [5.41, 5.74) is 0.696. The predicted octanol–water partition coefficient (Wildman–Crippen LogP) is 2.89. The van der Waals surface area contributed by atoms with Crippen molar-refractivity contribution in [1.82, 2.24) is 15.2 Å². The highest BCUT2D eigenvalue weighted by atomic mass is 35.5. The molecule has 2 heterocycles. The van der Waals surface area contributed by atoms with E-state index in [9.17, 15) is 0 Å². The van der Waals surface area contributed by atoms with E-state index in [2.05, 4.69) is 25.4 Å². The number of ether oxygens (including phenoxy) is 2. The van der Waals surface area contributed by atoms with E-state index in [-0.39, 0.29) is 0 Å². The Morgan fingerprint density at radius 1 is 1.13 bits per heavy atom. The second-order valence-corrected chi connectivity index (χ2v) is 5.56. The van der Waals surface area contributed by atoms with Crippen molar-refractivity contribution in [1.29, 1.82) is 0 Å². The molecule has 0 saturated carbocycles. The Balaban J connectivity index is 1.88. The smallest absolute Gasteiger partial charge is 0.247 e. The van der Waals surface area contributed by atoms with E-state index in [0.717, 1.165) is 25.9 Å². The lowest BCUT2D eigenvalue weighted by molar-refractivity contribution is 0.405. The van der Waals surface area contributed by atoms with Gasteiger partial charge in [-0.25, -0.2) is 0 Å². The molecule has 0 spiro atoms. The summed E-state index contributed by atoms with van der Waals surface area (Å²) in [6.45, 7) is 1.92. The van der Waals surface area contributed by atoms with Crippen molar-refractivity contribution in [2.75, 3.05) is 37.5 Å². The number of anilines is 3. The fraction of sp³-hybridized carbons (Fsp3) is 0.400. The minimum absolute atomic E-state index is 0.480. The molecule has 0 atom stereocenters. The zero-order valence-corrected chi connectivity index (χ0v) is 13.8. The summed E-state index contributed by atoms with van der Waals surface area (Å²) >= 11 is 6.12. The first kappa shape index (κ1) is 15.6. The van der Waals surface area contributed by atoms with Gasteiger partial charge in [-0.05, 0) is 12.8 Å². The maximum Gasteiger partial charge on any atom is 0.247 e. The first-order valence-corrected chi connectivity index (χ1v) is 7.72. The lowest BCUT2D eigenvalue weighted by Crippen LogP contribution is -2.21. The fourth-order valence-corrected chi connectivity index (χ4v) is 2.73. The summed E-state index contributed by atoms with van der Waals surface area (Å²) in [6.07, 6.45) is 3.88. The molecule has 23 heavy (non-hydrogen) atoms. The summed E-state index contributed by atoms with van der Waals surface area (Å²) < 4.78 is 10.6. The van der Waals surface area contributed by atoms with Crippen LogP contribution in [0.5, 0.6) is 11.5 Å². The van der Waals surface area contributed by atoms with Crippen LogP contribution in [0.2, 0.25) is 5.02 Å². The molecule has 7 nitrogen and oxygen atoms in total. The van der Waals surface area contributed by atoms with Crippen molar-refractivity contribution < 1.29 is 9.47 Å². The summed E-state index contributed by atoms with van der Waals surface area (Å²) in [7, 11) is 3.15. The van der Waals surface area contributed by atoms with Crippen LogP contribution in [0.1, 0.15) is 12.8 Å². The molecule has 1 aliphatic rings. The highest BCUT2D eigenvalue weighted by Gasteiger charge is 2.16. The molecule has 0 bridgehead atoms. The first-order valence-electron chi connectivity index (χ1n) is 7.34. The zero-order chi connectivity index (χ0) is 16.2. The van der Waals surface area contributed by atoms with E-state index in [1.807, 2.05) is 0 Å². The van der Waals surface area contributed by atoms with Gasteiger partial charge in [0.15, 0.2) is 5.82 Å². The van der Waals surface area contributed by atoms with Crippen LogP contribution in [0, 0.1) is 0 Å². The van der Waals surface area contributed by atoms with E-state index < -0.39 is 0 Å². The van der Waals surface area contributed by atoms with Gasteiger partial charge in [0.25, 0.3) is 0 Å².